The minimum Gasteiger partial charge on any atom is -0.494 e. The SMILES string of the molecule is CCCOc1ccc(S(=O)(=O)NC(=O)c2ccc(C)nn2)cc1. The number of sulfonamides is 1. The van der Waals surface area contributed by atoms with Gasteiger partial charge in [0.2, 0.25) is 0 Å². The van der Waals surface area contributed by atoms with Crippen molar-refractivity contribution < 1.29 is 17.9 Å². The molecule has 0 unspecified atom stereocenters. The number of nitrogens with zero attached hydrogens (tertiary/aromatic N) is 2. The van der Waals surface area contributed by atoms with Gasteiger partial charge in [-0.2, -0.15) is 5.10 Å². The Morgan fingerprint density at radius 2 is 1.83 bits per heavy atom. The molecule has 0 fully saturated rings. The Morgan fingerprint density at radius 1 is 1.13 bits per heavy atom. The fourth-order valence-electron chi connectivity index (χ4n) is 1.69. The predicted molar refractivity (Wildman–Crippen MR) is 83.6 cm³/mol. The molecule has 2 rings (SSSR count). The van der Waals surface area contributed by atoms with Gasteiger partial charge >= 0.3 is 0 Å². The number of carbonyl (C=O) groups excluding carboxylic acids is 1. The van der Waals surface area contributed by atoms with Gasteiger partial charge in [-0.25, -0.2) is 13.1 Å². The number of benzene rings is 1. The highest BCUT2D eigenvalue weighted by Crippen LogP contribution is 2.16. The van der Waals surface area contributed by atoms with E-state index in [0.29, 0.717) is 18.1 Å². The second kappa shape index (κ2) is 7.19. The highest BCUT2D eigenvalue weighted by atomic mass is 32.2. The topological polar surface area (TPSA) is 98.2 Å². The van der Waals surface area contributed by atoms with Crippen LogP contribution in [0.1, 0.15) is 29.5 Å². The lowest BCUT2D eigenvalue weighted by Gasteiger charge is -2.08. The smallest absolute Gasteiger partial charge is 0.285 e. The molecular weight excluding hydrogens is 318 g/mol. The van der Waals surface area contributed by atoms with E-state index >= 15 is 0 Å². The standard InChI is InChI=1S/C15H17N3O4S/c1-3-10-22-12-5-7-13(8-6-12)23(20,21)18-15(19)14-9-4-11(2)16-17-14/h4-9H,3,10H2,1-2H3,(H,18,19). The third-order valence-electron chi connectivity index (χ3n) is 2.86. The van der Waals surface area contributed by atoms with Crippen LogP contribution in [-0.4, -0.2) is 31.1 Å². The lowest BCUT2D eigenvalue weighted by Crippen LogP contribution is -2.31. The van der Waals surface area contributed by atoms with Crippen molar-refractivity contribution in [1.82, 2.24) is 14.9 Å². The van der Waals surface area contributed by atoms with E-state index < -0.39 is 15.9 Å². The Labute approximate surface area is 134 Å². The van der Waals surface area contributed by atoms with Crippen LogP contribution in [0, 0.1) is 6.92 Å². The maximum atomic E-state index is 12.2. The first-order valence-electron chi connectivity index (χ1n) is 7.02. The van der Waals surface area contributed by atoms with Crippen molar-refractivity contribution in [2.24, 2.45) is 0 Å². The van der Waals surface area contributed by atoms with Crippen LogP contribution in [0.15, 0.2) is 41.3 Å². The number of hydrogen-bond donors (Lipinski definition) is 1. The zero-order chi connectivity index (χ0) is 16.9. The lowest BCUT2D eigenvalue weighted by atomic mass is 10.3. The quantitative estimate of drug-likeness (QED) is 0.862. The van der Waals surface area contributed by atoms with Gasteiger partial charge in [0.25, 0.3) is 15.9 Å². The molecule has 7 nitrogen and oxygen atoms in total. The van der Waals surface area contributed by atoms with Crippen LogP contribution in [0.5, 0.6) is 5.75 Å². The van der Waals surface area contributed by atoms with Gasteiger partial charge in [-0.1, -0.05) is 6.92 Å². The fourth-order valence-corrected chi connectivity index (χ4v) is 2.65. The summed E-state index contributed by atoms with van der Waals surface area (Å²) in [7, 11) is -3.98. The normalized spacial score (nSPS) is 11.0. The Balaban J connectivity index is 2.11. The van der Waals surface area contributed by atoms with Crippen molar-refractivity contribution in [2.75, 3.05) is 6.61 Å². The molecule has 1 heterocycles. The summed E-state index contributed by atoms with van der Waals surface area (Å²) in [5, 5.41) is 7.38. The second-order valence-corrected chi connectivity index (χ2v) is 6.50. The first-order chi connectivity index (χ1) is 10.9. The van der Waals surface area contributed by atoms with Crippen molar-refractivity contribution >= 4 is 15.9 Å². The number of amides is 1. The maximum Gasteiger partial charge on any atom is 0.285 e. The van der Waals surface area contributed by atoms with Crippen LogP contribution in [0.2, 0.25) is 0 Å². The van der Waals surface area contributed by atoms with Crippen LogP contribution in [0.25, 0.3) is 0 Å². The average molecular weight is 335 g/mol. The van der Waals surface area contributed by atoms with Gasteiger partial charge in [0.1, 0.15) is 5.75 Å². The summed E-state index contributed by atoms with van der Waals surface area (Å²) < 4.78 is 31.7. The third kappa shape index (κ3) is 4.49. The summed E-state index contributed by atoms with van der Waals surface area (Å²) in [5.41, 5.74) is 0.564. The monoisotopic (exact) mass is 335 g/mol. The van der Waals surface area contributed by atoms with E-state index in [-0.39, 0.29) is 10.6 Å². The van der Waals surface area contributed by atoms with E-state index in [1.54, 1.807) is 25.1 Å². The first-order valence-corrected chi connectivity index (χ1v) is 8.51. The summed E-state index contributed by atoms with van der Waals surface area (Å²) in [4.78, 5) is 11.9. The zero-order valence-corrected chi connectivity index (χ0v) is 13.6. The Hall–Kier alpha value is -2.48. The number of rotatable bonds is 6. The van der Waals surface area contributed by atoms with E-state index in [4.69, 9.17) is 4.74 Å². The Kier molecular flexibility index (Phi) is 5.28. The van der Waals surface area contributed by atoms with E-state index in [1.165, 1.54) is 18.2 Å². The lowest BCUT2D eigenvalue weighted by molar-refractivity contribution is 0.0975. The van der Waals surface area contributed by atoms with Crippen LogP contribution >= 0.6 is 0 Å². The molecule has 0 aliphatic rings. The molecular formula is C15H17N3O4S. The summed E-state index contributed by atoms with van der Waals surface area (Å²) in [6.45, 7) is 4.24. The van der Waals surface area contributed by atoms with Crippen molar-refractivity contribution in [3.63, 3.8) is 0 Å². The second-order valence-electron chi connectivity index (χ2n) is 4.81. The molecule has 1 N–H and O–H groups in total. The van der Waals surface area contributed by atoms with Crippen LogP contribution in [-0.2, 0) is 10.0 Å². The largest absolute Gasteiger partial charge is 0.494 e. The average Bonchev–Trinajstić information content (AvgIpc) is 2.53. The number of nitrogens with one attached hydrogen (secondary N) is 1. The summed E-state index contributed by atoms with van der Waals surface area (Å²) in [6, 6.07) is 8.83. The van der Waals surface area contributed by atoms with E-state index in [0.717, 1.165) is 6.42 Å². The fraction of sp³-hybridized carbons (Fsp3) is 0.267. The molecule has 0 aliphatic heterocycles. The number of carbonyl (C=O) groups is 1. The molecule has 0 radical (unpaired) electrons. The predicted octanol–water partition coefficient (Wildman–Crippen LogP) is 1.69. The van der Waals surface area contributed by atoms with Gasteiger partial charge in [-0.05, 0) is 49.7 Å². The van der Waals surface area contributed by atoms with Gasteiger partial charge in [0.15, 0.2) is 5.69 Å². The molecule has 122 valence electrons. The maximum absolute atomic E-state index is 12.2. The minimum absolute atomic E-state index is 0.0326. The summed E-state index contributed by atoms with van der Waals surface area (Å²) in [6.07, 6.45) is 0.855. The Morgan fingerprint density at radius 3 is 2.39 bits per heavy atom. The van der Waals surface area contributed by atoms with Crippen molar-refractivity contribution in [3.8, 4) is 5.75 Å². The molecule has 0 aliphatic carbocycles. The van der Waals surface area contributed by atoms with E-state index in [1.807, 2.05) is 11.6 Å². The minimum atomic E-state index is -3.98. The molecule has 0 spiro atoms. The van der Waals surface area contributed by atoms with Crippen LogP contribution in [0.3, 0.4) is 0 Å². The molecule has 0 atom stereocenters. The van der Waals surface area contributed by atoms with Gasteiger partial charge < -0.3 is 4.74 Å². The van der Waals surface area contributed by atoms with E-state index in [2.05, 4.69) is 10.2 Å². The highest BCUT2D eigenvalue weighted by molar-refractivity contribution is 7.90. The number of aromatic nitrogens is 2. The van der Waals surface area contributed by atoms with Gasteiger partial charge in [0.05, 0.1) is 17.2 Å². The number of hydrogen-bond acceptors (Lipinski definition) is 6. The van der Waals surface area contributed by atoms with Gasteiger partial charge in [-0.15, -0.1) is 5.10 Å². The van der Waals surface area contributed by atoms with E-state index in [9.17, 15) is 13.2 Å². The summed E-state index contributed by atoms with van der Waals surface area (Å²) >= 11 is 0. The zero-order valence-electron chi connectivity index (χ0n) is 12.8. The number of aryl methyl sites for hydroxylation is 1. The van der Waals surface area contributed by atoms with Gasteiger partial charge in [-0.3, -0.25) is 4.79 Å². The molecule has 23 heavy (non-hydrogen) atoms. The highest BCUT2D eigenvalue weighted by Gasteiger charge is 2.19. The molecule has 1 amide bonds. The molecule has 0 saturated carbocycles. The number of ether oxygens (including phenoxy) is 1. The molecule has 8 heteroatoms. The van der Waals surface area contributed by atoms with Crippen LogP contribution < -0.4 is 9.46 Å². The summed E-state index contributed by atoms with van der Waals surface area (Å²) in [5.74, 6) is -0.259. The van der Waals surface area contributed by atoms with Gasteiger partial charge in [0, 0.05) is 0 Å². The van der Waals surface area contributed by atoms with Crippen LogP contribution in [0.4, 0.5) is 0 Å². The first kappa shape index (κ1) is 16.9. The molecule has 1 aromatic carbocycles. The molecule has 2 aromatic rings. The van der Waals surface area contributed by atoms with Crippen molar-refractivity contribution in [2.45, 2.75) is 25.2 Å². The third-order valence-corrected chi connectivity index (χ3v) is 4.21. The van der Waals surface area contributed by atoms with Crippen molar-refractivity contribution in [1.29, 1.82) is 0 Å². The molecule has 0 saturated heterocycles. The Bertz CT molecular complexity index is 771. The van der Waals surface area contributed by atoms with Crippen molar-refractivity contribution in [3.05, 3.63) is 47.8 Å². The molecule has 0 bridgehead atoms. The molecule has 1 aromatic heterocycles.